The van der Waals surface area contributed by atoms with Gasteiger partial charge in [0.25, 0.3) is 0 Å². The maximum atomic E-state index is 6.00. The van der Waals surface area contributed by atoms with Gasteiger partial charge in [-0.25, -0.2) is 0 Å². The molecule has 3 heteroatoms. The molecule has 1 atom stereocenters. The summed E-state index contributed by atoms with van der Waals surface area (Å²) in [5.74, 6) is 0. The fraction of sp³-hybridized carbons (Fsp3) is 0.391. The summed E-state index contributed by atoms with van der Waals surface area (Å²) in [4.78, 5) is 0. The second kappa shape index (κ2) is 7.16. The Kier molecular flexibility index (Phi) is 4.73. The number of hydrogen-bond donors (Lipinski definition) is 1. The maximum Gasteiger partial charge on any atom is 0.147 e. The van der Waals surface area contributed by atoms with Crippen LogP contribution in [0.2, 0.25) is 0 Å². The molecule has 0 radical (unpaired) electrons. The van der Waals surface area contributed by atoms with Crippen LogP contribution in [0.5, 0.6) is 0 Å². The molecular formula is C23H28N2O. The van der Waals surface area contributed by atoms with Crippen molar-refractivity contribution in [2.45, 2.75) is 51.4 Å². The summed E-state index contributed by atoms with van der Waals surface area (Å²) < 4.78 is 8.33. The smallest absolute Gasteiger partial charge is 0.147 e. The van der Waals surface area contributed by atoms with Crippen LogP contribution in [-0.2, 0) is 18.2 Å². The van der Waals surface area contributed by atoms with Crippen molar-refractivity contribution in [3.8, 4) is 0 Å². The molecule has 2 aliphatic rings. The van der Waals surface area contributed by atoms with Crippen molar-refractivity contribution in [2.75, 3.05) is 0 Å². The first-order chi connectivity index (χ1) is 12.7. The minimum atomic E-state index is 0.00587. The minimum Gasteiger partial charge on any atom is -0.362 e. The summed E-state index contributed by atoms with van der Waals surface area (Å²) >= 11 is 0. The number of nitrogens with one attached hydrogen (secondary N) is 1. The molecule has 0 amide bonds. The van der Waals surface area contributed by atoms with E-state index in [1.54, 1.807) is 0 Å². The van der Waals surface area contributed by atoms with E-state index in [1.807, 2.05) is 6.08 Å². The van der Waals surface area contributed by atoms with Crippen LogP contribution < -0.4 is 5.32 Å². The Hall–Kier alpha value is -2.26. The Bertz CT molecular complexity index is 883. The maximum absolute atomic E-state index is 6.00. The fourth-order valence-corrected chi connectivity index (χ4v) is 3.91. The van der Waals surface area contributed by atoms with E-state index in [-0.39, 0.29) is 6.23 Å². The summed E-state index contributed by atoms with van der Waals surface area (Å²) in [5, 5.41) is 4.67. The number of ether oxygens (including phenoxy) is 1. The standard InChI is InChI=1S/C23H28N2O/c1-4-7-21-19(5-2)20-12-10-16(14-22(20)25(21)3)17-11-13-23(24-15-17)26-18-8-6-9-18/h5,10-15,18,23-24H,2,4,6-9H2,1,3H3. The number of nitrogens with zero attached hydrogens (tertiary/aromatic N) is 1. The van der Waals surface area contributed by atoms with Gasteiger partial charge >= 0.3 is 0 Å². The van der Waals surface area contributed by atoms with Crippen molar-refractivity contribution < 1.29 is 4.74 Å². The highest BCUT2D eigenvalue weighted by Crippen LogP contribution is 2.31. The molecule has 136 valence electrons. The highest BCUT2D eigenvalue weighted by Gasteiger charge is 2.22. The highest BCUT2D eigenvalue weighted by atomic mass is 16.5. The SMILES string of the molecule is C=Cc1c(CCC)n(C)c2cc(C3=CNC(OC4CCC4)C=C3)ccc12. The van der Waals surface area contributed by atoms with Crippen molar-refractivity contribution >= 4 is 22.6 Å². The molecule has 2 aromatic rings. The van der Waals surface area contributed by atoms with Crippen LogP contribution in [0, 0.1) is 0 Å². The Morgan fingerprint density at radius 1 is 1.35 bits per heavy atom. The van der Waals surface area contributed by atoms with Crippen molar-refractivity contribution in [2.24, 2.45) is 7.05 Å². The lowest BCUT2D eigenvalue weighted by Gasteiger charge is -2.30. The van der Waals surface area contributed by atoms with Gasteiger partial charge in [0, 0.05) is 35.4 Å². The molecule has 1 aliphatic heterocycles. The molecule has 1 aromatic carbocycles. The van der Waals surface area contributed by atoms with Gasteiger partial charge in [0.15, 0.2) is 0 Å². The fourth-order valence-electron chi connectivity index (χ4n) is 3.91. The Labute approximate surface area is 156 Å². The van der Waals surface area contributed by atoms with E-state index in [0.717, 1.165) is 12.8 Å². The predicted molar refractivity (Wildman–Crippen MR) is 110 cm³/mol. The largest absolute Gasteiger partial charge is 0.362 e. The number of dihydropyridines is 1. The van der Waals surface area contributed by atoms with E-state index < -0.39 is 0 Å². The average molecular weight is 348 g/mol. The topological polar surface area (TPSA) is 26.2 Å². The minimum absolute atomic E-state index is 0.00587. The van der Waals surface area contributed by atoms with Crippen LogP contribution in [0.15, 0.2) is 43.1 Å². The number of fused-ring (bicyclic) bond motifs is 1. The Morgan fingerprint density at radius 2 is 2.19 bits per heavy atom. The normalized spacial score (nSPS) is 19.9. The molecule has 26 heavy (non-hydrogen) atoms. The lowest BCUT2D eigenvalue weighted by molar-refractivity contribution is -0.0387. The molecule has 4 rings (SSSR count). The van der Waals surface area contributed by atoms with Crippen molar-refractivity contribution in [3.05, 3.63) is 60.0 Å². The number of allylic oxidation sites excluding steroid dienone is 2. The second-order valence-electron chi connectivity index (χ2n) is 7.34. The Balaban J connectivity index is 1.60. The molecule has 0 spiro atoms. The van der Waals surface area contributed by atoms with Crippen LogP contribution in [0.25, 0.3) is 22.6 Å². The van der Waals surface area contributed by atoms with Crippen LogP contribution in [0.4, 0.5) is 0 Å². The molecule has 3 nitrogen and oxygen atoms in total. The van der Waals surface area contributed by atoms with Gasteiger partial charge in [-0.3, -0.25) is 0 Å². The van der Waals surface area contributed by atoms with Crippen LogP contribution in [-0.4, -0.2) is 16.9 Å². The molecule has 1 N–H and O–H groups in total. The summed E-state index contributed by atoms with van der Waals surface area (Å²) in [7, 11) is 2.16. The van der Waals surface area contributed by atoms with Crippen LogP contribution in [0.3, 0.4) is 0 Å². The molecule has 1 fully saturated rings. The number of rotatable bonds is 6. The van der Waals surface area contributed by atoms with E-state index in [4.69, 9.17) is 4.74 Å². The van der Waals surface area contributed by atoms with Gasteiger partial charge in [-0.15, -0.1) is 0 Å². The highest BCUT2D eigenvalue weighted by molar-refractivity contribution is 5.94. The Morgan fingerprint density at radius 3 is 2.81 bits per heavy atom. The second-order valence-corrected chi connectivity index (χ2v) is 7.34. The number of hydrogen-bond acceptors (Lipinski definition) is 2. The molecule has 1 saturated carbocycles. The van der Waals surface area contributed by atoms with Gasteiger partial charge < -0.3 is 14.6 Å². The van der Waals surface area contributed by atoms with Gasteiger partial charge in [0.1, 0.15) is 6.23 Å². The number of aryl methyl sites for hydroxylation is 1. The lowest BCUT2D eigenvalue weighted by atomic mass is 9.96. The zero-order valence-electron chi connectivity index (χ0n) is 15.8. The van der Waals surface area contributed by atoms with Gasteiger partial charge in [0.05, 0.1) is 6.10 Å². The van der Waals surface area contributed by atoms with E-state index in [9.17, 15) is 0 Å². The lowest BCUT2D eigenvalue weighted by Crippen LogP contribution is -2.35. The molecule has 2 heterocycles. The van der Waals surface area contributed by atoms with Crippen molar-refractivity contribution in [1.29, 1.82) is 0 Å². The van der Waals surface area contributed by atoms with E-state index in [1.165, 1.54) is 52.6 Å². The van der Waals surface area contributed by atoms with E-state index in [2.05, 4.69) is 67.0 Å². The number of aromatic nitrogens is 1. The third-order valence-electron chi connectivity index (χ3n) is 5.63. The summed E-state index contributed by atoms with van der Waals surface area (Å²) in [6, 6.07) is 6.72. The first kappa shape index (κ1) is 17.2. The summed E-state index contributed by atoms with van der Waals surface area (Å²) in [6.07, 6.45) is 14.7. The third kappa shape index (κ3) is 3.01. The zero-order chi connectivity index (χ0) is 18.1. The van der Waals surface area contributed by atoms with E-state index in [0.29, 0.717) is 6.10 Å². The molecule has 1 unspecified atom stereocenters. The molecular weight excluding hydrogens is 320 g/mol. The molecule has 0 bridgehead atoms. The predicted octanol–water partition coefficient (Wildman–Crippen LogP) is 5.17. The van der Waals surface area contributed by atoms with Gasteiger partial charge in [-0.05, 0) is 49.0 Å². The van der Waals surface area contributed by atoms with Gasteiger partial charge in [0.2, 0.25) is 0 Å². The van der Waals surface area contributed by atoms with Gasteiger partial charge in [-0.1, -0.05) is 44.2 Å². The van der Waals surface area contributed by atoms with Crippen molar-refractivity contribution in [3.63, 3.8) is 0 Å². The zero-order valence-corrected chi connectivity index (χ0v) is 15.8. The molecule has 0 saturated heterocycles. The van der Waals surface area contributed by atoms with E-state index >= 15 is 0 Å². The van der Waals surface area contributed by atoms with Crippen LogP contribution in [0.1, 0.15) is 49.4 Å². The van der Waals surface area contributed by atoms with Gasteiger partial charge in [-0.2, -0.15) is 0 Å². The quantitative estimate of drug-likeness (QED) is 0.779. The summed E-state index contributed by atoms with van der Waals surface area (Å²) in [6.45, 7) is 6.26. The number of benzene rings is 1. The third-order valence-corrected chi connectivity index (χ3v) is 5.63. The molecule has 1 aromatic heterocycles. The first-order valence-electron chi connectivity index (χ1n) is 9.75. The van der Waals surface area contributed by atoms with Crippen molar-refractivity contribution in [1.82, 2.24) is 9.88 Å². The average Bonchev–Trinajstić information content (AvgIpc) is 2.90. The first-order valence-corrected chi connectivity index (χ1v) is 9.75. The monoisotopic (exact) mass is 348 g/mol. The van der Waals surface area contributed by atoms with Crippen LogP contribution >= 0.6 is 0 Å². The summed E-state index contributed by atoms with van der Waals surface area (Å²) in [5.41, 5.74) is 6.33. The molecule has 1 aliphatic carbocycles.